The molecule has 2 nitrogen and oxygen atoms in total. The quantitative estimate of drug-likeness (QED) is 0.713. The summed E-state index contributed by atoms with van der Waals surface area (Å²) >= 11 is 0. The normalized spacial score (nSPS) is 43.4. The van der Waals surface area contributed by atoms with E-state index in [0.29, 0.717) is 25.3 Å². The lowest BCUT2D eigenvalue weighted by atomic mass is 9.37. The molecule has 0 spiro atoms. The summed E-state index contributed by atoms with van der Waals surface area (Å²) in [6.45, 7) is 0.865. The van der Waals surface area contributed by atoms with E-state index in [1.54, 1.807) is 0 Å². The Bertz CT molecular complexity index is 769. The number of carbonyl (C=O) groups excluding carboxylic acids is 1. The van der Waals surface area contributed by atoms with Gasteiger partial charge in [0, 0.05) is 18.4 Å². The smallest absolute Gasteiger partial charge is 0.139 e. The van der Waals surface area contributed by atoms with Crippen molar-refractivity contribution in [2.24, 2.45) is 22.7 Å². The van der Waals surface area contributed by atoms with Gasteiger partial charge in [-0.05, 0) is 86.1 Å². The van der Waals surface area contributed by atoms with Gasteiger partial charge in [0.05, 0.1) is 6.67 Å². The molecule has 6 rings (SSSR count). The van der Waals surface area contributed by atoms with Crippen LogP contribution in [0.3, 0.4) is 0 Å². The summed E-state index contributed by atoms with van der Waals surface area (Å²) in [6.07, 6.45) is 6.62. The number of Topliss-reactive ketones (excluding diaryl/α,β-unsaturated/α-hetero) is 1. The zero-order valence-electron chi connectivity index (χ0n) is 17.3. The van der Waals surface area contributed by atoms with Gasteiger partial charge in [-0.15, -0.1) is 0 Å². The summed E-state index contributed by atoms with van der Waals surface area (Å²) in [5.74, 6) is 0.623. The fourth-order valence-corrected chi connectivity index (χ4v) is 8.10. The molecular formula is C25H33F2NO. The number of piperidine rings is 1. The van der Waals surface area contributed by atoms with Crippen LogP contribution in [0.15, 0.2) is 30.3 Å². The van der Waals surface area contributed by atoms with E-state index in [1.807, 2.05) is 6.07 Å². The first-order valence-corrected chi connectivity index (χ1v) is 11.5. The van der Waals surface area contributed by atoms with Gasteiger partial charge in [0.1, 0.15) is 12.0 Å². The van der Waals surface area contributed by atoms with E-state index in [9.17, 15) is 13.6 Å². The Labute approximate surface area is 172 Å². The molecule has 1 heterocycles. The molecule has 1 aliphatic heterocycles. The van der Waals surface area contributed by atoms with E-state index < -0.39 is 6.17 Å². The maximum absolute atomic E-state index is 14.5. The number of benzene rings is 1. The number of nitrogens with one attached hydrogen (secondary N) is 1. The maximum atomic E-state index is 14.5. The van der Waals surface area contributed by atoms with E-state index in [0.717, 1.165) is 51.5 Å². The second kappa shape index (κ2) is 7.14. The number of hydrogen-bond acceptors (Lipinski definition) is 2. The average molecular weight is 402 g/mol. The zero-order chi connectivity index (χ0) is 20.1. The Morgan fingerprint density at radius 3 is 2.69 bits per heavy atom. The molecular weight excluding hydrogens is 368 g/mol. The minimum absolute atomic E-state index is 0.00522. The van der Waals surface area contributed by atoms with Crippen molar-refractivity contribution >= 4 is 5.78 Å². The SMILES string of the molecule is O=C(C[C@H]1CCNC[C@@H]1F)C12CC3C[C@@](CCF)(C1)C[C@](c1ccccc1)(C3)C2. The van der Waals surface area contributed by atoms with Gasteiger partial charge in [-0.1, -0.05) is 30.3 Å². The number of hydrogen-bond donors (Lipinski definition) is 1. The summed E-state index contributed by atoms with van der Waals surface area (Å²) in [5.41, 5.74) is 0.905. The number of carbonyl (C=O) groups is 1. The van der Waals surface area contributed by atoms with Gasteiger partial charge < -0.3 is 5.32 Å². The minimum atomic E-state index is -0.926. The van der Waals surface area contributed by atoms with Gasteiger partial charge in [0.15, 0.2) is 0 Å². The van der Waals surface area contributed by atoms with Crippen LogP contribution in [0, 0.1) is 22.7 Å². The number of alkyl halides is 2. The molecule has 4 saturated carbocycles. The first-order valence-electron chi connectivity index (χ1n) is 11.5. The molecule has 1 aromatic carbocycles. The molecule has 2 unspecified atom stereocenters. The van der Waals surface area contributed by atoms with Gasteiger partial charge >= 0.3 is 0 Å². The molecule has 6 atom stereocenters. The van der Waals surface area contributed by atoms with Gasteiger partial charge in [0.25, 0.3) is 0 Å². The van der Waals surface area contributed by atoms with Crippen molar-refractivity contribution in [3.05, 3.63) is 35.9 Å². The fourth-order valence-electron chi connectivity index (χ4n) is 8.10. The van der Waals surface area contributed by atoms with Crippen LogP contribution < -0.4 is 5.32 Å². The molecule has 1 N–H and O–H groups in total. The topological polar surface area (TPSA) is 29.1 Å². The van der Waals surface area contributed by atoms with E-state index in [-0.39, 0.29) is 34.6 Å². The van der Waals surface area contributed by atoms with E-state index >= 15 is 0 Å². The first-order chi connectivity index (χ1) is 14.0. The predicted molar refractivity (Wildman–Crippen MR) is 110 cm³/mol. The Morgan fingerprint density at radius 1 is 1.10 bits per heavy atom. The Morgan fingerprint density at radius 2 is 1.93 bits per heavy atom. The third-order valence-corrected chi connectivity index (χ3v) is 8.78. The summed E-state index contributed by atoms with van der Waals surface area (Å²) in [5, 5.41) is 3.10. The van der Waals surface area contributed by atoms with Gasteiger partial charge in [-0.2, -0.15) is 0 Å². The molecule has 1 saturated heterocycles. The molecule has 4 heteroatoms. The van der Waals surface area contributed by atoms with Crippen molar-refractivity contribution in [3.63, 3.8) is 0 Å². The van der Waals surface area contributed by atoms with Crippen LogP contribution in [0.5, 0.6) is 0 Å². The van der Waals surface area contributed by atoms with Crippen molar-refractivity contribution in [2.75, 3.05) is 19.8 Å². The molecule has 29 heavy (non-hydrogen) atoms. The van der Waals surface area contributed by atoms with Crippen LogP contribution in [0.1, 0.15) is 63.4 Å². The predicted octanol–water partition coefficient (Wildman–Crippen LogP) is 5.16. The maximum Gasteiger partial charge on any atom is 0.139 e. The van der Waals surface area contributed by atoms with Crippen molar-refractivity contribution in [3.8, 4) is 0 Å². The van der Waals surface area contributed by atoms with E-state index in [2.05, 4.69) is 29.6 Å². The lowest BCUT2D eigenvalue weighted by Gasteiger charge is -2.66. The van der Waals surface area contributed by atoms with Crippen LogP contribution in [0.2, 0.25) is 0 Å². The third kappa shape index (κ3) is 3.26. The average Bonchev–Trinajstić information content (AvgIpc) is 2.69. The molecule has 4 aliphatic carbocycles. The molecule has 5 fully saturated rings. The largest absolute Gasteiger partial charge is 0.314 e. The highest BCUT2D eigenvalue weighted by Gasteiger charge is 2.65. The number of rotatable bonds is 6. The van der Waals surface area contributed by atoms with Crippen LogP contribution >= 0.6 is 0 Å². The molecule has 0 radical (unpaired) electrons. The van der Waals surface area contributed by atoms with Gasteiger partial charge in [-0.25, -0.2) is 4.39 Å². The molecule has 5 aliphatic rings. The number of ketones is 1. The molecule has 0 amide bonds. The fraction of sp³-hybridized carbons (Fsp3) is 0.720. The summed E-state index contributed by atoms with van der Waals surface area (Å²) in [7, 11) is 0. The van der Waals surface area contributed by atoms with Crippen molar-refractivity contribution in [2.45, 2.75) is 69.4 Å². The highest BCUT2D eigenvalue weighted by atomic mass is 19.1. The Balaban J connectivity index is 1.48. The standard InChI is InChI=1S/C25H33F2NO/c26-8-7-23-11-18-12-24(15-23,20-4-2-1-3-5-20)17-25(13-18,16-23)22(29)10-19-6-9-28-14-21(19)27/h1-5,18-19,21,28H,6-17H2/t18?,19-,21+,23-,24-,25?/m1/s1. The molecule has 4 bridgehead atoms. The zero-order valence-corrected chi connectivity index (χ0v) is 17.3. The molecule has 158 valence electrons. The number of halogens is 2. The summed E-state index contributed by atoms with van der Waals surface area (Å²) in [4.78, 5) is 13.7. The first kappa shape index (κ1) is 19.7. The third-order valence-electron chi connectivity index (χ3n) is 8.78. The minimum Gasteiger partial charge on any atom is -0.314 e. The second-order valence-corrected chi connectivity index (χ2v) is 10.8. The van der Waals surface area contributed by atoms with Crippen LogP contribution in [-0.2, 0) is 10.2 Å². The monoisotopic (exact) mass is 401 g/mol. The summed E-state index contributed by atoms with van der Waals surface area (Å²) in [6, 6.07) is 10.6. The van der Waals surface area contributed by atoms with Crippen molar-refractivity contribution < 1.29 is 13.6 Å². The van der Waals surface area contributed by atoms with E-state index in [1.165, 1.54) is 5.56 Å². The Hall–Kier alpha value is -1.29. The Kier molecular flexibility index (Phi) is 4.84. The second-order valence-electron chi connectivity index (χ2n) is 10.8. The highest BCUT2D eigenvalue weighted by molar-refractivity contribution is 5.86. The van der Waals surface area contributed by atoms with E-state index in [4.69, 9.17) is 0 Å². The lowest BCUT2D eigenvalue weighted by molar-refractivity contribution is -0.163. The van der Waals surface area contributed by atoms with Crippen molar-refractivity contribution in [1.82, 2.24) is 5.32 Å². The molecule has 1 aromatic rings. The summed E-state index contributed by atoms with van der Waals surface area (Å²) < 4.78 is 28.1. The van der Waals surface area contributed by atoms with Gasteiger partial charge in [-0.3, -0.25) is 9.18 Å². The van der Waals surface area contributed by atoms with Crippen LogP contribution in [-0.4, -0.2) is 31.7 Å². The van der Waals surface area contributed by atoms with Crippen molar-refractivity contribution in [1.29, 1.82) is 0 Å². The molecule has 0 aromatic heterocycles. The lowest BCUT2D eigenvalue weighted by Crippen LogP contribution is -2.61. The van der Waals surface area contributed by atoms with Gasteiger partial charge in [0.2, 0.25) is 0 Å². The highest BCUT2D eigenvalue weighted by Crippen LogP contribution is 2.71. The van der Waals surface area contributed by atoms with Crippen LogP contribution in [0.25, 0.3) is 0 Å². The van der Waals surface area contributed by atoms with Crippen LogP contribution in [0.4, 0.5) is 8.78 Å².